The van der Waals surface area contributed by atoms with Gasteiger partial charge in [-0.3, -0.25) is 14.4 Å². The van der Waals surface area contributed by atoms with Crippen molar-refractivity contribution in [2.75, 3.05) is 20.6 Å². The van der Waals surface area contributed by atoms with E-state index in [1.54, 1.807) is 26.0 Å². The Kier molecular flexibility index (Phi) is 11.0. The smallest absolute Gasteiger partial charge is 0.309 e. The third kappa shape index (κ3) is 6.74. The number of likely N-dealkylation sites (N-methyl/N-ethyl adjacent to an activating group) is 1. The molecule has 0 aliphatic heterocycles. The monoisotopic (exact) mass is 817 g/mol. The van der Waals surface area contributed by atoms with Gasteiger partial charge in [0.1, 0.15) is 18.0 Å². The van der Waals surface area contributed by atoms with Crippen LogP contribution in [0.15, 0.2) is 35.4 Å². The van der Waals surface area contributed by atoms with Gasteiger partial charge in [0.2, 0.25) is 0 Å². The van der Waals surface area contributed by atoms with E-state index in [4.69, 9.17) is 9.84 Å². The number of ether oxygens (including phenoxy) is 1. The maximum Gasteiger partial charge on any atom is 0.309 e. The van der Waals surface area contributed by atoms with Crippen LogP contribution >= 0.6 is 0 Å². The molecule has 7 rings (SSSR count). The molecule has 1 aromatic heterocycles. The van der Waals surface area contributed by atoms with Crippen molar-refractivity contribution in [3.05, 3.63) is 47.1 Å². The van der Waals surface area contributed by atoms with Crippen molar-refractivity contribution in [3.63, 3.8) is 0 Å². The van der Waals surface area contributed by atoms with Gasteiger partial charge in [-0.25, -0.2) is 4.39 Å². The van der Waals surface area contributed by atoms with E-state index in [0.717, 1.165) is 61.7 Å². The SMILES string of the molecule is CC(C)C1=C2[C@H]3CCC4[C@@]5(C)CC[C@H](OC(=O)CC(C)(C)C(=O)O)C(C)(C)[C@@H]5CC[C@@]4(C)[C@]3(C)CC[C@@]2([C@@H](O)c2nnc(-c3ccc(F)cc3)n2CCN(C)C)CC1=O. The van der Waals surface area contributed by atoms with Crippen molar-refractivity contribution < 1.29 is 33.7 Å². The topological polar surface area (TPSA) is 135 Å². The highest BCUT2D eigenvalue weighted by molar-refractivity contribution is 6.00. The number of esters is 1. The predicted molar refractivity (Wildman–Crippen MR) is 224 cm³/mol. The molecule has 0 bridgehead atoms. The molecule has 4 saturated carbocycles. The van der Waals surface area contributed by atoms with Crippen LogP contribution in [-0.4, -0.2) is 74.3 Å². The molecule has 11 heteroatoms. The van der Waals surface area contributed by atoms with Crippen LogP contribution in [-0.2, 0) is 25.7 Å². The molecule has 0 spiro atoms. The summed E-state index contributed by atoms with van der Waals surface area (Å²) in [5.41, 5.74) is 0.345. The highest BCUT2D eigenvalue weighted by Gasteiger charge is 2.71. The van der Waals surface area contributed by atoms with Crippen molar-refractivity contribution in [2.45, 2.75) is 145 Å². The first-order valence-electron chi connectivity index (χ1n) is 22.2. The zero-order valence-electron chi connectivity index (χ0n) is 37.5. The lowest BCUT2D eigenvalue weighted by Gasteiger charge is -2.72. The number of ketones is 1. The van der Waals surface area contributed by atoms with E-state index in [1.807, 2.05) is 18.7 Å². The van der Waals surface area contributed by atoms with Gasteiger partial charge < -0.3 is 24.4 Å². The Hall–Kier alpha value is -3.44. The Labute approximate surface area is 350 Å². The number of allylic oxidation sites excluding steroid dienone is 1. The van der Waals surface area contributed by atoms with Crippen LogP contribution in [0.1, 0.15) is 138 Å². The standard InChI is InChI=1S/C48H69FN4O6/c1-28(2)37-32(54)26-48(39(56)41-51-50-40(53(41)25-24-52(10)11)29-12-14-30(49)15-13-29)23-22-46(8)31(38(37)48)16-17-34-45(7)20-19-35(59-36(55)27-43(3,4)42(57)58)44(5,6)33(45)18-21-47(34,46)9/h12-15,28,31,33-35,39,56H,16-27H2,1-11H3,(H,57,58)/t31-,33+,34?,35+,39+,45+,46-,47-,48-/m1/s1. The summed E-state index contributed by atoms with van der Waals surface area (Å²) >= 11 is 0. The van der Waals surface area contributed by atoms with Crippen molar-refractivity contribution in [1.29, 1.82) is 0 Å². The van der Waals surface area contributed by atoms with E-state index >= 15 is 0 Å². The minimum absolute atomic E-state index is 0.00212. The van der Waals surface area contributed by atoms with Crippen LogP contribution < -0.4 is 0 Å². The number of aromatic nitrogens is 3. The second-order valence-electron chi connectivity index (χ2n) is 21.8. The Morgan fingerprint density at radius 1 is 0.949 bits per heavy atom. The van der Waals surface area contributed by atoms with Gasteiger partial charge in [0.05, 0.1) is 11.8 Å². The zero-order valence-corrected chi connectivity index (χ0v) is 37.5. The van der Waals surface area contributed by atoms with E-state index < -0.39 is 28.9 Å². The molecule has 0 amide bonds. The number of fused-ring (bicyclic) bond motifs is 7. The molecule has 0 saturated heterocycles. The number of carbonyl (C=O) groups is 3. The molecular formula is C48H69FN4O6. The van der Waals surface area contributed by atoms with E-state index in [2.05, 4.69) is 58.5 Å². The predicted octanol–water partition coefficient (Wildman–Crippen LogP) is 9.07. The number of benzene rings is 1. The third-order valence-electron chi connectivity index (χ3n) is 17.3. The number of rotatable bonds is 11. The molecule has 0 radical (unpaired) electrons. The number of Topliss-reactive ketones (excluding diaryl/α,β-unsaturated/α-hetero) is 1. The lowest BCUT2D eigenvalue weighted by molar-refractivity contribution is -0.235. The number of carbonyl (C=O) groups excluding carboxylic acids is 2. The van der Waals surface area contributed by atoms with Crippen molar-refractivity contribution in [1.82, 2.24) is 19.7 Å². The molecule has 59 heavy (non-hydrogen) atoms. The Balaban J connectivity index is 1.23. The quantitative estimate of drug-likeness (QED) is 0.213. The molecule has 1 aromatic carbocycles. The second-order valence-corrected chi connectivity index (χ2v) is 21.8. The summed E-state index contributed by atoms with van der Waals surface area (Å²) in [6, 6.07) is 6.23. The number of aliphatic hydroxyl groups excluding tert-OH is 1. The normalized spacial score (nSPS) is 34.6. The summed E-state index contributed by atoms with van der Waals surface area (Å²) in [6.45, 7) is 20.6. The van der Waals surface area contributed by atoms with Gasteiger partial charge in [0.15, 0.2) is 17.4 Å². The summed E-state index contributed by atoms with van der Waals surface area (Å²) in [5.74, 6) is 0.260. The highest BCUT2D eigenvalue weighted by Crippen LogP contribution is 2.77. The van der Waals surface area contributed by atoms with Crippen LogP contribution in [0.5, 0.6) is 0 Å². The lowest BCUT2D eigenvalue weighted by atomic mass is 9.33. The van der Waals surface area contributed by atoms with Crippen LogP contribution in [0.3, 0.4) is 0 Å². The number of hydrogen-bond donors (Lipinski definition) is 2. The number of aliphatic carboxylic acids is 1. The van der Waals surface area contributed by atoms with Gasteiger partial charge in [0, 0.05) is 35.9 Å². The minimum Gasteiger partial charge on any atom is -0.481 e. The maximum atomic E-state index is 14.4. The number of hydrogen-bond acceptors (Lipinski definition) is 8. The average molecular weight is 817 g/mol. The number of aliphatic hydroxyl groups is 1. The fourth-order valence-corrected chi connectivity index (χ4v) is 13.9. The first-order chi connectivity index (χ1) is 27.4. The lowest BCUT2D eigenvalue weighted by Crippen LogP contribution is -2.66. The van der Waals surface area contributed by atoms with Crippen molar-refractivity contribution in [2.24, 2.45) is 56.2 Å². The summed E-state index contributed by atoms with van der Waals surface area (Å²) in [7, 11) is 4.00. The first kappa shape index (κ1) is 43.6. The fourth-order valence-electron chi connectivity index (χ4n) is 13.9. The Bertz CT molecular complexity index is 2020. The Morgan fingerprint density at radius 2 is 1.63 bits per heavy atom. The molecule has 324 valence electrons. The fraction of sp³-hybridized carbons (Fsp3) is 0.729. The van der Waals surface area contributed by atoms with Gasteiger partial charge in [-0.05, 0) is 155 Å². The molecule has 4 fully saturated rings. The molecule has 9 atom stereocenters. The van der Waals surface area contributed by atoms with Gasteiger partial charge in [-0.1, -0.05) is 48.5 Å². The number of nitrogens with zero attached hydrogens (tertiary/aromatic N) is 4. The summed E-state index contributed by atoms with van der Waals surface area (Å²) in [5, 5.41) is 31.9. The molecule has 2 N–H and O–H groups in total. The van der Waals surface area contributed by atoms with Gasteiger partial charge in [-0.15, -0.1) is 10.2 Å². The summed E-state index contributed by atoms with van der Waals surface area (Å²) < 4.78 is 22.2. The molecule has 10 nitrogen and oxygen atoms in total. The van der Waals surface area contributed by atoms with Crippen molar-refractivity contribution in [3.8, 4) is 11.4 Å². The second kappa shape index (κ2) is 14.9. The molecule has 1 heterocycles. The van der Waals surface area contributed by atoms with Crippen LogP contribution in [0.4, 0.5) is 4.39 Å². The molecule has 1 unspecified atom stereocenters. The van der Waals surface area contributed by atoms with E-state index in [-0.39, 0.29) is 64.0 Å². The van der Waals surface area contributed by atoms with Crippen molar-refractivity contribution >= 4 is 17.7 Å². The van der Waals surface area contributed by atoms with E-state index in [0.29, 0.717) is 43.0 Å². The highest BCUT2D eigenvalue weighted by atomic mass is 19.1. The number of carboxylic acid groups (broad SMARTS) is 1. The third-order valence-corrected chi connectivity index (χ3v) is 17.3. The van der Waals surface area contributed by atoms with Gasteiger partial charge in [0.25, 0.3) is 0 Å². The van der Waals surface area contributed by atoms with E-state index in [1.165, 1.54) is 12.1 Å². The Morgan fingerprint density at radius 3 is 2.25 bits per heavy atom. The maximum absolute atomic E-state index is 14.4. The van der Waals surface area contributed by atoms with E-state index in [9.17, 15) is 29.0 Å². The minimum atomic E-state index is -1.19. The zero-order chi connectivity index (χ0) is 43.2. The largest absolute Gasteiger partial charge is 0.481 e. The van der Waals surface area contributed by atoms with Crippen LogP contribution in [0.25, 0.3) is 11.4 Å². The molecule has 2 aromatic rings. The molecule has 5 aliphatic carbocycles. The molecular weight excluding hydrogens is 748 g/mol. The van der Waals surface area contributed by atoms with Gasteiger partial charge in [-0.2, -0.15) is 0 Å². The summed E-state index contributed by atoms with van der Waals surface area (Å²) in [4.78, 5) is 41.5. The molecule has 5 aliphatic rings. The summed E-state index contributed by atoms with van der Waals surface area (Å²) in [6.07, 6.45) is 5.96. The number of halogens is 1. The van der Waals surface area contributed by atoms with Crippen LogP contribution in [0.2, 0.25) is 0 Å². The van der Waals surface area contributed by atoms with Gasteiger partial charge >= 0.3 is 11.9 Å². The first-order valence-corrected chi connectivity index (χ1v) is 22.2. The average Bonchev–Trinajstić information content (AvgIpc) is 3.70. The number of carboxylic acids is 1. The van der Waals surface area contributed by atoms with Crippen LogP contribution in [0, 0.1) is 62.0 Å².